The highest BCUT2D eigenvalue weighted by atomic mass is 15.1. The molecule has 0 saturated heterocycles. The van der Waals surface area contributed by atoms with E-state index in [2.05, 4.69) is 64.3 Å². The Balaban J connectivity index is 1.57. The molecule has 0 bridgehead atoms. The molecule has 0 aliphatic heterocycles. The standard InChI is InChI=1S/C21H20N4/c1-16-24-20-13-19(23-14-17-9-11-22-12-10-17)7-8-21(20)25(16)15-18-5-3-2-4-6-18/h2-13,23H,14-15H2,1H3. The monoisotopic (exact) mass is 328 g/mol. The predicted molar refractivity (Wildman–Crippen MR) is 102 cm³/mol. The topological polar surface area (TPSA) is 42.7 Å². The lowest BCUT2D eigenvalue weighted by atomic mass is 10.2. The highest BCUT2D eigenvalue weighted by Gasteiger charge is 2.08. The second-order valence-electron chi connectivity index (χ2n) is 6.14. The summed E-state index contributed by atoms with van der Waals surface area (Å²) in [6, 6.07) is 20.9. The molecular weight excluding hydrogens is 308 g/mol. The molecule has 2 aromatic heterocycles. The van der Waals surface area contributed by atoms with Crippen molar-refractivity contribution in [1.82, 2.24) is 14.5 Å². The molecule has 0 atom stereocenters. The molecule has 1 N–H and O–H groups in total. The van der Waals surface area contributed by atoms with Gasteiger partial charge in [0.2, 0.25) is 0 Å². The van der Waals surface area contributed by atoms with E-state index in [1.54, 1.807) is 0 Å². The maximum Gasteiger partial charge on any atom is 0.107 e. The van der Waals surface area contributed by atoms with E-state index < -0.39 is 0 Å². The van der Waals surface area contributed by atoms with E-state index in [9.17, 15) is 0 Å². The van der Waals surface area contributed by atoms with Crippen LogP contribution in [0.5, 0.6) is 0 Å². The molecule has 0 amide bonds. The van der Waals surface area contributed by atoms with Gasteiger partial charge in [0.1, 0.15) is 5.82 Å². The van der Waals surface area contributed by atoms with Crippen molar-refractivity contribution in [2.75, 3.05) is 5.32 Å². The molecule has 4 heteroatoms. The minimum Gasteiger partial charge on any atom is -0.381 e. The van der Waals surface area contributed by atoms with Gasteiger partial charge in [-0.25, -0.2) is 4.98 Å². The average molecular weight is 328 g/mol. The predicted octanol–water partition coefficient (Wildman–Crippen LogP) is 4.40. The van der Waals surface area contributed by atoms with Gasteiger partial charge in [-0.05, 0) is 48.4 Å². The Morgan fingerprint density at radius 3 is 2.52 bits per heavy atom. The van der Waals surface area contributed by atoms with Crippen molar-refractivity contribution in [3.05, 3.63) is 90.0 Å². The minimum atomic E-state index is 0.776. The van der Waals surface area contributed by atoms with Crippen LogP contribution in [0, 0.1) is 6.92 Å². The van der Waals surface area contributed by atoms with Crippen LogP contribution >= 0.6 is 0 Å². The van der Waals surface area contributed by atoms with Crippen molar-refractivity contribution in [2.45, 2.75) is 20.0 Å². The fraction of sp³-hybridized carbons (Fsp3) is 0.143. The van der Waals surface area contributed by atoms with E-state index in [-0.39, 0.29) is 0 Å². The summed E-state index contributed by atoms with van der Waals surface area (Å²) in [6.07, 6.45) is 3.63. The van der Waals surface area contributed by atoms with Gasteiger partial charge in [0.05, 0.1) is 11.0 Å². The molecule has 0 aliphatic rings. The number of fused-ring (bicyclic) bond motifs is 1. The highest BCUT2D eigenvalue weighted by molar-refractivity contribution is 5.80. The third kappa shape index (κ3) is 3.38. The SMILES string of the molecule is Cc1nc2cc(NCc3ccncc3)ccc2n1Cc1ccccc1. The van der Waals surface area contributed by atoms with E-state index >= 15 is 0 Å². The number of aryl methyl sites for hydroxylation is 1. The Labute approximate surface area is 147 Å². The summed E-state index contributed by atoms with van der Waals surface area (Å²) in [6.45, 7) is 3.68. The minimum absolute atomic E-state index is 0.776. The number of nitrogens with zero attached hydrogens (tertiary/aromatic N) is 3. The second kappa shape index (κ2) is 6.77. The number of anilines is 1. The van der Waals surface area contributed by atoms with Crippen molar-refractivity contribution in [3.63, 3.8) is 0 Å². The van der Waals surface area contributed by atoms with Gasteiger partial charge in [-0.1, -0.05) is 30.3 Å². The first-order chi connectivity index (χ1) is 12.3. The molecule has 2 aromatic carbocycles. The summed E-state index contributed by atoms with van der Waals surface area (Å²) in [5.74, 6) is 1.03. The van der Waals surface area contributed by atoms with Crippen molar-refractivity contribution >= 4 is 16.7 Å². The number of nitrogens with one attached hydrogen (secondary N) is 1. The van der Waals surface area contributed by atoms with E-state index in [1.807, 2.05) is 30.6 Å². The van der Waals surface area contributed by atoms with Crippen molar-refractivity contribution < 1.29 is 0 Å². The summed E-state index contributed by atoms with van der Waals surface area (Å²) >= 11 is 0. The molecule has 0 radical (unpaired) electrons. The Bertz CT molecular complexity index is 975. The van der Waals surface area contributed by atoms with E-state index in [4.69, 9.17) is 4.98 Å². The maximum atomic E-state index is 4.74. The Morgan fingerprint density at radius 2 is 1.72 bits per heavy atom. The zero-order valence-corrected chi connectivity index (χ0v) is 14.2. The van der Waals surface area contributed by atoms with E-state index in [0.29, 0.717) is 0 Å². The van der Waals surface area contributed by atoms with Crippen molar-refractivity contribution in [2.24, 2.45) is 0 Å². The van der Waals surface area contributed by atoms with Crippen LogP contribution in [0.4, 0.5) is 5.69 Å². The zero-order valence-electron chi connectivity index (χ0n) is 14.2. The maximum absolute atomic E-state index is 4.74. The van der Waals surface area contributed by atoms with Crippen LogP contribution in [-0.4, -0.2) is 14.5 Å². The molecule has 4 rings (SSSR count). The van der Waals surface area contributed by atoms with Crippen LogP contribution < -0.4 is 5.32 Å². The molecule has 0 saturated carbocycles. The molecule has 25 heavy (non-hydrogen) atoms. The number of imidazole rings is 1. The largest absolute Gasteiger partial charge is 0.381 e. The molecular formula is C21H20N4. The third-order valence-electron chi connectivity index (χ3n) is 4.37. The number of benzene rings is 2. The number of hydrogen-bond donors (Lipinski definition) is 1. The molecule has 124 valence electrons. The van der Waals surface area contributed by atoms with E-state index in [0.717, 1.165) is 35.6 Å². The van der Waals surface area contributed by atoms with Gasteiger partial charge in [0.15, 0.2) is 0 Å². The summed E-state index contributed by atoms with van der Waals surface area (Å²) in [7, 11) is 0. The molecule has 0 unspecified atom stereocenters. The van der Waals surface area contributed by atoms with Gasteiger partial charge < -0.3 is 9.88 Å². The number of rotatable bonds is 5. The summed E-state index contributed by atoms with van der Waals surface area (Å²) in [5, 5.41) is 3.45. The smallest absolute Gasteiger partial charge is 0.107 e. The van der Waals surface area contributed by atoms with Crippen LogP contribution in [0.25, 0.3) is 11.0 Å². The highest BCUT2D eigenvalue weighted by Crippen LogP contribution is 2.22. The van der Waals surface area contributed by atoms with E-state index in [1.165, 1.54) is 11.1 Å². The van der Waals surface area contributed by atoms with Crippen LogP contribution in [0.3, 0.4) is 0 Å². The number of hydrogen-bond acceptors (Lipinski definition) is 3. The molecule has 0 fully saturated rings. The molecule has 0 spiro atoms. The first kappa shape index (κ1) is 15.4. The van der Waals surface area contributed by atoms with Crippen LogP contribution in [0.2, 0.25) is 0 Å². The summed E-state index contributed by atoms with van der Waals surface area (Å²) in [5.41, 5.74) is 5.75. The van der Waals surface area contributed by atoms with Gasteiger partial charge in [-0.2, -0.15) is 0 Å². The van der Waals surface area contributed by atoms with Crippen LogP contribution in [0.15, 0.2) is 73.1 Å². The van der Waals surface area contributed by atoms with Crippen LogP contribution in [-0.2, 0) is 13.1 Å². The first-order valence-corrected chi connectivity index (χ1v) is 8.43. The molecule has 4 nitrogen and oxygen atoms in total. The van der Waals surface area contributed by atoms with Gasteiger partial charge in [-0.3, -0.25) is 4.98 Å². The lowest BCUT2D eigenvalue weighted by Crippen LogP contribution is -2.02. The lowest BCUT2D eigenvalue weighted by Gasteiger charge is -2.08. The molecule has 2 heterocycles. The molecule has 0 aliphatic carbocycles. The Morgan fingerprint density at radius 1 is 0.920 bits per heavy atom. The van der Waals surface area contributed by atoms with Crippen molar-refractivity contribution in [3.8, 4) is 0 Å². The summed E-state index contributed by atoms with van der Waals surface area (Å²) < 4.78 is 2.26. The third-order valence-corrected chi connectivity index (χ3v) is 4.37. The van der Waals surface area contributed by atoms with Gasteiger partial charge >= 0.3 is 0 Å². The van der Waals surface area contributed by atoms with Gasteiger partial charge in [-0.15, -0.1) is 0 Å². The molecule has 4 aromatic rings. The fourth-order valence-corrected chi connectivity index (χ4v) is 3.03. The quantitative estimate of drug-likeness (QED) is 0.590. The number of pyridine rings is 1. The Kier molecular flexibility index (Phi) is 4.17. The second-order valence-corrected chi connectivity index (χ2v) is 6.14. The average Bonchev–Trinajstić information content (AvgIpc) is 2.96. The summed E-state index contributed by atoms with van der Waals surface area (Å²) in [4.78, 5) is 8.79. The Hall–Kier alpha value is -3.14. The van der Waals surface area contributed by atoms with Gasteiger partial charge in [0, 0.05) is 31.2 Å². The van der Waals surface area contributed by atoms with Crippen molar-refractivity contribution in [1.29, 1.82) is 0 Å². The van der Waals surface area contributed by atoms with Crippen LogP contribution in [0.1, 0.15) is 17.0 Å². The number of aromatic nitrogens is 3. The fourth-order valence-electron chi connectivity index (χ4n) is 3.03. The lowest BCUT2D eigenvalue weighted by molar-refractivity contribution is 0.786. The normalized spacial score (nSPS) is 10.9. The van der Waals surface area contributed by atoms with Gasteiger partial charge in [0.25, 0.3) is 0 Å². The zero-order chi connectivity index (χ0) is 17.1. The first-order valence-electron chi connectivity index (χ1n) is 8.43.